The standard InChI is InChI=1S/C13H19N3O2/c1-13(2,16-8-4-3-5-11(16)17)12(18)15-9-6-14-7-10-15/h3-5,8,14H,6-7,9-10H2,1-2H3. The molecule has 5 nitrogen and oxygen atoms in total. The molecule has 1 aliphatic heterocycles. The van der Waals surface area contributed by atoms with Gasteiger partial charge in [-0.2, -0.15) is 0 Å². The molecule has 0 saturated carbocycles. The molecule has 1 amide bonds. The predicted octanol–water partition coefficient (Wildman–Crippen LogP) is 0.0152. The van der Waals surface area contributed by atoms with Gasteiger partial charge in [0.1, 0.15) is 5.54 Å². The van der Waals surface area contributed by atoms with Crippen molar-refractivity contribution in [1.29, 1.82) is 0 Å². The Hall–Kier alpha value is -1.62. The third-order valence-electron chi connectivity index (χ3n) is 3.35. The Kier molecular flexibility index (Phi) is 3.52. The van der Waals surface area contributed by atoms with Gasteiger partial charge in [0.25, 0.3) is 5.56 Å². The summed E-state index contributed by atoms with van der Waals surface area (Å²) < 4.78 is 1.50. The highest BCUT2D eigenvalue weighted by atomic mass is 16.2. The number of amides is 1. The highest BCUT2D eigenvalue weighted by molar-refractivity contribution is 5.83. The van der Waals surface area contributed by atoms with E-state index < -0.39 is 5.54 Å². The van der Waals surface area contributed by atoms with Crippen LogP contribution in [-0.2, 0) is 10.3 Å². The monoisotopic (exact) mass is 249 g/mol. The topological polar surface area (TPSA) is 54.3 Å². The molecule has 0 bridgehead atoms. The molecule has 1 N–H and O–H groups in total. The minimum atomic E-state index is -0.838. The molecular formula is C13H19N3O2. The number of hydrogen-bond acceptors (Lipinski definition) is 3. The van der Waals surface area contributed by atoms with Crippen LogP contribution in [0.4, 0.5) is 0 Å². The molecule has 0 spiro atoms. The van der Waals surface area contributed by atoms with E-state index in [9.17, 15) is 9.59 Å². The van der Waals surface area contributed by atoms with Gasteiger partial charge >= 0.3 is 0 Å². The van der Waals surface area contributed by atoms with Gasteiger partial charge in [0.2, 0.25) is 5.91 Å². The average molecular weight is 249 g/mol. The summed E-state index contributed by atoms with van der Waals surface area (Å²) in [4.78, 5) is 26.2. The molecule has 0 unspecified atom stereocenters. The number of carbonyl (C=O) groups excluding carboxylic acids is 1. The second-order valence-corrected chi connectivity index (χ2v) is 5.01. The van der Waals surface area contributed by atoms with Gasteiger partial charge in [-0.1, -0.05) is 6.07 Å². The Morgan fingerprint density at radius 1 is 1.28 bits per heavy atom. The van der Waals surface area contributed by atoms with E-state index in [1.54, 1.807) is 32.2 Å². The molecular weight excluding hydrogens is 230 g/mol. The van der Waals surface area contributed by atoms with Gasteiger partial charge in [-0.3, -0.25) is 9.59 Å². The SMILES string of the molecule is CC(C)(C(=O)N1CCNCC1)n1ccccc1=O. The number of nitrogens with one attached hydrogen (secondary N) is 1. The van der Waals surface area contributed by atoms with E-state index in [4.69, 9.17) is 0 Å². The first-order chi connectivity index (χ1) is 8.53. The molecule has 1 aliphatic rings. The summed E-state index contributed by atoms with van der Waals surface area (Å²) in [7, 11) is 0. The van der Waals surface area contributed by atoms with Crippen molar-refractivity contribution < 1.29 is 4.79 Å². The van der Waals surface area contributed by atoms with Gasteiger partial charge in [0.15, 0.2) is 0 Å². The highest BCUT2D eigenvalue weighted by Gasteiger charge is 2.34. The van der Waals surface area contributed by atoms with Crippen LogP contribution in [0.25, 0.3) is 0 Å². The zero-order valence-corrected chi connectivity index (χ0v) is 10.8. The van der Waals surface area contributed by atoms with Crippen molar-refractivity contribution >= 4 is 5.91 Å². The maximum Gasteiger partial charge on any atom is 0.251 e. The van der Waals surface area contributed by atoms with E-state index in [-0.39, 0.29) is 11.5 Å². The summed E-state index contributed by atoms with van der Waals surface area (Å²) in [5.74, 6) is -0.00250. The predicted molar refractivity (Wildman–Crippen MR) is 69.5 cm³/mol. The van der Waals surface area contributed by atoms with Crippen molar-refractivity contribution in [2.45, 2.75) is 19.4 Å². The van der Waals surface area contributed by atoms with Crippen LogP contribution in [0.15, 0.2) is 29.2 Å². The van der Waals surface area contributed by atoms with Gasteiger partial charge in [0.05, 0.1) is 0 Å². The first kappa shape index (κ1) is 12.8. The molecule has 0 atom stereocenters. The number of rotatable bonds is 2. The zero-order chi connectivity index (χ0) is 13.2. The second kappa shape index (κ2) is 4.94. The second-order valence-electron chi connectivity index (χ2n) is 5.01. The number of aromatic nitrogens is 1. The number of nitrogens with zero attached hydrogens (tertiary/aromatic N) is 2. The quantitative estimate of drug-likeness (QED) is 0.803. The van der Waals surface area contributed by atoms with Gasteiger partial charge in [-0.15, -0.1) is 0 Å². The number of piperazine rings is 1. The third-order valence-corrected chi connectivity index (χ3v) is 3.35. The smallest absolute Gasteiger partial charge is 0.251 e. The van der Waals surface area contributed by atoms with Gasteiger partial charge < -0.3 is 14.8 Å². The molecule has 0 aromatic carbocycles. The molecule has 2 heterocycles. The molecule has 1 saturated heterocycles. The molecule has 5 heteroatoms. The van der Waals surface area contributed by atoms with E-state index in [2.05, 4.69) is 5.32 Å². The number of hydrogen-bond donors (Lipinski definition) is 1. The van der Waals surface area contributed by atoms with Crippen LogP contribution in [0.5, 0.6) is 0 Å². The van der Waals surface area contributed by atoms with Gasteiger partial charge in [-0.25, -0.2) is 0 Å². The Bertz CT molecular complexity index is 487. The minimum absolute atomic E-state index is 0.00250. The van der Waals surface area contributed by atoms with Crippen LogP contribution in [-0.4, -0.2) is 41.6 Å². The van der Waals surface area contributed by atoms with Crippen molar-refractivity contribution in [1.82, 2.24) is 14.8 Å². The van der Waals surface area contributed by atoms with Crippen LogP contribution in [0.3, 0.4) is 0 Å². The maximum atomic E-state index is 12.5. The van der Waals surface area contributed by atoms with E-state index in [0.717, 1.165) is 13.1 Å². The van der Waals surface area contributed by atoms with E-state index >= 15 is 0 Å². The molecule has 0 radical (unpaired) electrons. The Morgan fingerprint density at radius 3 is 2.56 bits per heavy atom. The highest BCUT2D eigenvalue weighted by Crippen LogP contribution is 2.16. The van der Waals surface area contributed by atoms with Crippen molar-refractivity contribution in [3.63, 3.8) is 0 Å². The lowest BCUT2D eigenvalue weighted by molar-refractivity contribution is -0.140. The summed E-state index contributed by atoms with van der Waals surface area (Å²) in [5, 5.41) is 3.21. The fourth-order valence-corrected chi connectivity index (χ4v) is 2.25. The summed E-state index contributed by atoms with van der Waals surface area (Å²) in [6, 6.07) is 4.94. The van der Waals surface area contributed by atoms with Crippen LogP contribution in [0.1, 0.15) is 13.8 Å². The lowest BCUT2D eigenvalue weighted by Gasteiger charge is -2.35. The van der Waals surface area contributed by atoms with Crippen LogP contribution in [0.2, 0.25) is 0 Å². The lowest BCUT2D eigenvalue weighted by Crippen LogP contribution is -2.55. The van der Waals surface area contributed by atoms with E-state index in [1.165, 1.54) is 10.6 Å². The molecule has 2 rings (SSSR count). The zero-order valence-electron chi connectivity index (χ0n) is 10.8. The molecule has 1 aromatic rings. The molecule has 1 fully saturated rings. The summed E-state index contributed by atoms with van der Waals surface area (Å²) in [5.41, 5.74) is -0.985. The molecule has 0 aliphatic carbocycles. The van der Waals surface area contributed by atoms with Crippen LogP contribution < -0.4 is 10.9 Å². The fourth-order valence-electron chi connectivity index (χ4n) is 2.25. The lowest BCUT2D eigenvalue weighted by atomic mass is 10.0. The van der Waals surface area contributed by atoms with E-state index in [1.807, 2.05) is 4.90 Å². The summed E-state index contributed by atoms with van der Waals surface area (Å²) in [6.07, 6.45) is 1.67. The third kappa shape index (κ3) is 2.31. The van der Waals surface area contributed by atoms with Crippen molar-refractivity contribution in [3.05, 3.63) is 34.7 Å². The maximum absolute atomic E-state index is 12.5. The minimum Gasteiger partial charge on any atom is -0.338 e. The fraction of sp³-hybridized carbons (Fsp3) is 0.538. The molecule has 98 valence electrons. The van der Waals surface area contributed by atoms with Crippen molar-refractivity contribution in [2.24, 2.45) is 0 Å². The molecule has 1 aromatic heterocycles. The van der Waals surface area contributed by atoms with E-state index in [0.29, 0.717) is 13.1 Å². The largest absolute Gasteiger partial charge is 0.338 e. The Morgan fingerprint density at radius 2 is 1.94 bits per heavy atom. The van der Waals surface area contributed by atoms with Crippen molar-refractivity contribution in [2.75, 3.05) is 26.2 Å². The molecule has 18 heavy (non-hydrogen) atoms. The van der Waals surface area contributed by atoms with Crippen molar-refractivity contribution in [3.8, 4) is 0 Å². The van der Waals surface area contributed by atoms with Gasteiger partial charge in [-0.05, 0) is 19.9 Å². The first-order valence-corrected chi connectivity index (χ1v) is 6.22. The number of pyridine rings is 1. The van der Waals surface area contributed by atoms with Crippen LogP contribution in [0, 0.1) is 0 Å². The Balaban J connectivity index is 2.27. The normalized spacial score (nSPS) is 16.7. The van der Waals surface area contributed by atoms with Crippen LogP contribution >= 0.6 is 0 Å². The average Bonchev–Trinajstić information content (AvgIpc) is 2.39. The first-order valence-electron chi connectivity index (χ1n) is 6.22. The number of carbonyl (C=O) groups is 1. The summed E-state index contributed by atoms with van der Waals surface area (Å²) >= 11 is 0. The van der Waals surface area contributed by atoms with Gasteiger partial charge in [0, 0.05) is 38.4 Å². The summed E-state index contributed by atoms with van der Waals surface area (Å²) in [6.45, 7) is 6.60. The Labute approximate surface area is 106 Å².